The Hall–Kier alpha value is -2.32. The second kappa shape index (κ2) is 36.5. The van der Waals surface area contributed by atoms with Crippen molar-refractivity contribution in [2.75, 3.05) is 19.8 Å². The van der Waals surface area contributed by atoms with Crippen LogP contribution in [0.2, 0.25) is 0 Å². The summed E-state index contributed by atoms with van der Waals surface area (Å²) in [7, 11) is -4.34. The Morgan fingerprint density at radius 2 is 1.18 bits per heavy atom. The van der Waals surface area contributed by atoms with Gasteiger partial charge < -0.3 is 21.1 Å². The van der Waals surface area contributed by atoms with Crippen LogP contribution in [0.15, 0.2) is 85.1 Å². The quantitative estimate of drug-likeness (QED) is 0.0296. The van der Waals surface area contributed by atoms with Gasteiger partial charge in [0, 0.05) is 13.0 Å². The molecule has 3 unspecified atom stereocenters. The van der Waals surface area contributed by atoms with Gasteiger partial charge in [0.05, 0.1) is 25.4 Å². The minimum Gasteiger partial charge on any atom is -0.387 e. The van der Waals surface area contributed by atoms with Crippen molar-refractivity contribution in [2.45, 2.75) is 148 Å². The van der Waals surface area contributed by atoms with E-state index < -0.39 is 20.0 Å². The van der Waals surface area contributed by atoms with Gasteiger partial charge in [0.2, 0.25) is 5.91 Å². The standard InChI is InChI=1S/C41H71N2O6P/c1-3-5-7-9-11-13-14-15-16-17-18-19-20-21-22-23-24-25-26-27-29-31-33-35-41(45)43-39(38-49-50(46,47)48-37-36-42)40(44)34-32-30-28-12-10-8-6-4-2/h5,7,10-13,15-16,18-19,21-22,32,34,39-40,44H,3-4,6,8-9,14,17,20,23-31,33,35-38,42H2,1-2H3,(H,43,45)(H,46,47)/b7-5-,12-10+,13-11-,16-15-,19-18-,22-21-,34-32+. The minimum atomic E-state index is -4.34. The summed E-state index contributed by atoms with van der Waals surface area (Å²) < 4.78 is 21.9. The molecule has 0 aromatic heterocycles. The molecule has 0 saturated carbocycles. The van der Waals surface area contributed by atoms with Gasteiger partial charge in [-0.1, -0.05) is 144 Å². The second-order valence-corrected chi connectivity index (χ2v) is 13.8. The number of nitrogens with two attached hydrogens (primary N) is 1. The molecule has 0 bridgehead atoms. The Balaban J connectivity index is 4.19. The van der Waals surface area contributed by atoms with E-state index in [-0.39, 0.29) is 25.7 Å². The number of hydrogen-bond acceptors (Lipinski definition) is 6. The summed E-state index contributed by atoms with van der Waals surface area (Å²) in [5, 5.41) is 13.5. The number of amides is 1. The third kappa shape index (κ3) is 34.1. The number of aliphatic hydroxyl groups excluding tert-OH is 1. The van der Waals surface area contributed by atoms with Crippen LogP contribution < -0.4 is 11.1 Å². The Bertz CT molecular complexity index is 1050. The van der Waals surface area contributed by atoms with E-state index in [1.165, 1.54) is 25.7 Å². The van der Waals surface area contributed by atoms with Crippen LogP contribution in [0.4, 0.5) is 0 Å². The Labute approximate surface area is 305 Å². The largest absolute Gasteiger partial charge is 0.472 e. The average Bonchev–Trinajstić information content (AvgIpc) is 3.10. The fourth-order valence-electron chi connectivity index (χ4n) is 4.80. The highest BCUT2D eigenvalue weighted by atomic mass is 31.2. The first kappa shape index (κ1) is 47.7. The van der Waals surface area contributed by atoms with E-state index in [1.54, 1.807) is 6.08 Å². The monoisotopic (exact) mass is 719 g/mol. The van der Waals surface area contributed by atoms with Crippen LogP contribution in [0.25, 0.3) is 0 Å². The van der Waals surface area contributed by atoms with Crippen molar-refractivity contribution < 1.29 is 28.4 Å². The van der Waals surface area contributed by atoms with Crippen LogP contribution in [0, 0.1) is 0 Å². The fourth-order valence-corrected chi connectivity index (χ4v) is 5.56. The van der Waals surface area contributed by atoms with Crippen LogP contribution >= 0.6 is 7.82 Å². The predicted molar refractivity (Wildman–Crippen MR) is 212 cm³/mol. The number of carbonyl (C=O) groups is 1. The molecular weight excluding hydrogens is 647 g/mol. The van der Waals surface area contributed by atoms with Crippen molar-refractivity contribution >= 4 is 13.7 Å². The Morgan fingerprint density at radius 1 is 0.680 bits per heavy atom. The van der Waals surface area contributed by atoms with Crippen LogP contribution in [0.1, 0.15) is 136 Å². The molecule has 9 heteroatoms. The third-order valence-electron chi connectivity index (χ3n) is 7.70. The van der Waals surface area contributed by atoms with Gasteiger partial charge in [-0.2, -0.15) is 0 Å². The summed E-state index contributed by atoms with van der Waals surface area (Å²) >= 11 is 0. The summed E-state index contributed by atoms with van der Waals surface area (Å²) in [4.78, 5) is 22.5. The maximum Gasteiger partial charge on any atom is 0.472 e. The van der Waals surface area contributed by atoms with Crippen molar-refractivity contribution in [1.29, 1.82) is 0 Å². The number of unbranched alkanes of at least 4 members (excludes halogenated alkanes) is 10. The number of phosphoric acid groups is 1. The molecule has 8 nitrogen and oxygen atoms in total. The molecule has 3 atom stereocenters. The molecule has 286 valence electrons. The predicted octanol–water partition coefficient (Wildman–Crippen LogP) is 10.3. The second-order valence-electron chi connectivity index (χ2n) is 12.4. The maximum absolute atomic E-state index is 12.7. The zero-order valence-electron chi connectivity index (χ0n) is 31.3. The molecule has 0 aromatic rings. The number of phosphoric ester groups is 1. The molecular formula is C41H71N2O6P. The number of rotatable bonds is 34. The van der Waals surface area contributed by atoms with E-state index in [4.69, 9.17) is 14.8 Å². The summed E-state index contributed by atoms with van der Waals surface area (Å²) in [6.07, 6.45) is 47.9. The highest BCUT2D eigenvalue weighted by Crippen LogP contribution is 2.43. The molecule has 0 spiro atoms. The van der Waals surface area contributed by atoms with Crippen molar-refractivity contribution in [1.82, 2.24) is 5.32 Å². The number of hydrogen-bond donors (Lipinski definition) is 4. The van der Waals surface area contributed by atoms with Gasteiger partial charge in [-0.3, -0.25) is 13.8 Å². The summed E-state index contributed by atoms with van der Waals surface area (Å²) in [5.41, 5.74) is 5.34. The fraction of sp³-hybridized carbons (Fsp3) is 0.634. The Kier molecular flexibility index (Phi) is 34.8. The Morgan fingerprint density at radius 3 is 1.78 bits per heavy atom. The lowest BCUT2D eigenvalue weighted by molar-refractivity contribution is -0.123. The molecule has 1 amide bonds. The van der Waals surface area contributed by atoms with Crippen LogP contribution in [-0.2, 0) is 18.4 Å². The van der Waals surface area contributed by atoms with E-state index >= 15 is 0 Å². The van der Waals surface area contributed by atoms with Crippen LogP contribution in [0.3, 0.4) is 0 Å². The lowest BCUT2D eigenvalue weighted by Crippen LogP contribution is -2.45. The van der Waals surface area contributed by atoms with Crippen molar-refractivity contribution in [3.8, 4) is 0 Å². The highest BCUT2D eigenvalue weighted by molar-refractivity contribution is 7.47. The smallest absolute Gasteiger partial charge is 0.387 e. The molecule has 0 aliphatic rings. The van der Waals surface area contributed by atoms with Crippen molar-refractivity contribution in [3.05, 3.63) is 85.1 Å². The molecule has 0 heterocycles. The van der Waals surface area contributed by atoms with Gasteiger partial charge in [0.1, 0.15) is 0 Å². The van der Waals surface area contributed by atoms with E-state index in [2.05, 4.69) is 92.1 Å². The van der Waals surface area contributed by atoms with Crippen molar-refractivity contribution in [3.63, 3.8) is 0 Å². The summed E-state index contributed by atoms with van der Waals surface area (Å²) in [6.45, 7) is 3.88. The average molecular weight is 719 g/mol. The van der Waals surface area contributed by atoms with Gasteiger partial charge in [-0.15, -0.1) is 0 Å². The van der Waals surface area contributed by atoms with Gasteiger partial charge in [-0.05, 0) is 70.6 Å². The topological polar surface area (TPSA) is 131 Å². The van der Waals surface area contributed by atoms with Gasteiger partial charge in [-0.25, -0.2) is 4.57 Å². The normalized spacial score (nSPS) is 15.2. The number of aliphatic hydroxyl groups is 1. The first-order chi connectivity index (χ1) is 24.4. The molecule has 0 aromatic carbocycles. The molecule has 5 N–H and O–H groups in total. The molecule has 0 fully saturated rings. The lowest BCUT2D eigenvalue weighted by atomic mass is 10.1. The number of nitrogens with one attached hydrogen (secondary N) is 1. The number of allylic oxidation sites excluding steroid dienone is 13. The maximum atomic E-state index is 12.7. The first-order valence-electron chi connectivity index (χ1n) is 19.2. The van der Waals surface area contributed by atoms with E-state index in [0.29, 0.717) is 6.42 Å². The first-order valence-corrected chi connectivity index (χ1v) is 20.7. The molecule has 0 saturated heterocycles. The van der Waals surface area contributed by atoms with Crippen LogP contribution in [0.5, 0.6) is 0 Å². The molecule has 0 aliphatic heterocycles. The minimum absolute atomic E-state index is 0.0669. The SMILES string of the molecule is CC/C=C\C/C=C\C/C=C\C/C=C\C/C=C\CCCCCCCCCC(=O)NC(COP(=O)(O)OCCN)C(O)/C=C/CC/C=C/CCCC. The molecule has 0 aliphatic carbocycles. The molecule has 50 heavy (non-hydrogen) atoms. The van der Waals surface area contributed by atoms with Gasteiger partial charge in [0.25, 0.3) is 0 Å². The van der Waals surface area contributed by atoms with E-state index in [9.17, 15) is 19.4 Å². The summed E-state index contributed by atoms with van der Waals surface area (Å²) in [5.74, 6) is -0.224. The van der Waals surface area contributed by atoms with E-state index in [1.807, 2.05) is 6.08 Å². The number of carbonyl (C=O) groups excluding carboxylic acids is 1. The van der Waals surface area contributed by atoms with Gasteiger partial charge in [0.15, 0.2) is 0 Å². The molecule has 0 rings (SSSR count). The zero-order valence-corrected chi connectivity index (χ0v) is 32.2. The summed E-state index contributed by atoms with van der Waals surface area (Å²) in [6, 6.07) is -0.885. The third-order valence-corrected chi connectivity index (χ3v) is 8.69. The highest BCUT2D eigenvalue weighted by Gasteiger charge is 2.26. The van der Waals surface area contributed by atoms with Crippen molar-refractivity contribution in [2.24, 2.45) is 5.73 Å². The van der Waals surface area contributed by atoms with E-state index in [0.717, 1.165) is 89.9 Å². The lowest BCUT2D eigenvalue weighted by Gasteiger charge is -2.23. The van der Waals surface area contributed by atoms with Crippen LogP contribution in [-0.4, -0.2) is 47.8 Å². The molecule has 0 radical (unpaired) electrons. The zero-order chi connectivity index (χ0) is 36.8. The van der Waals surface area contributed by atoms with Gasteiger partial charge >= 0.3 is 7.82 Å².